The molecule has 7 nitrogen and oxygen atoms in total. The minimum absolute atomic E-state index is 0.107. The second-order valence-corrected chi connectivity index (χ2v) is 6.53. The topological polar surface area (TPSA) is 105 Å². The van der Waals surface area contributed by atoms with Crippen molar-refractivity contribution in [2.75, 3.05) is 5.32 Å². The fourth-order valence-corrected chi connectivity index (χ4v) is 2.11. The van der Waals surface area contributed by atoms with Gasteiger partial charge >= 0.3 is 5.82 Å². The molecule has 126 valence electrons. The van der Waals surface area contributed by atoms with Crippen LogP contribution in [0.25, 0.3) is 0 Å². The number of nitrogens with zero attached hydrogens (tertiary/aromatic N) is 2. The summed E-state index contributed by atoms with van der Waals surface area (Å²) in [5.41, 5.74) is 1.08. The molecule has 2 N–H and O–H groups in total. The van der Waals surface area contributed by atoms with Crippen LogP contribution < -0.4 is 5.32 Å². The Labute approximate surface area is 139 Å². The van der Waals surface area contributed by atoms with Crippen molar-refractivity contribution in [3.8, 4) is 5.75 Å². The molecule has 2 rings (SSSR count). The molecule has 0 saturated heterocycles. The number of phenols is 1. The summed E-state index contributed by atoms with van der Waals surface area (Å²) in [6.45, 7) is 7.35. The van der Waals surface area contributed by atoms with Gasteiger partial charge in [0.05, 0.1) is 0 Å². The van der Waals surface area contributed by atoms with Gasteiger partial charge in [-0.15, -0.1) is 0 Å². The van der Waals surface area contributed by atoms with Crippen molar-refractivity contribution in [2.24, 2.45) is 0 Å². The highest BCUT2D eigenvalue weighted by molar-refractivity contribution is 6.06. The minimum Gasteiger partial charge on any atom is -0.508 e. The number of nitro groups is 1. The van der Waals surface area contributed by atoms with E-state index in [2.05, 4.69) is 10.3 Å². The Kier molecular flexibility index (Phi) is 4.54. The lowest BCUT2D eigenvalue weighted by atomic mass is 9.91. The summed E-state index contributed by atoms with van der Waals surface area (Å²) >= 11 is 0. The molecule has 0 spiro atoms. The van der Waals surface area contributed by atoms with Crippen LogP contribution in [0.3, 0.4) is 0 Å². The normalized spacial score (nSPS) is 11.2. The monoisotopic (exact) mass is 329 g/mol. The molecule has 7 heteroatoms. The Bertz CT molecular complexity index is 810. The number of hydrogen-bond acceptors (Lipinski definition) is 5. The van der Waals surface area contributed by atoms with Crippen molar-refractivity contribution in [3.63, 3.8) is 0 Å². The van der Waals surface area contributed by atoms with Crippen molar-refractivity contribution in [1.82, 2.24) is 4.98 Å². The molecular weight excluding hydrogens is 310 g/mol. The standard InChI is InChI=1S/C17H19N3O4/c1-10-9-11(5-7-13(10)21)18-16(22)12-6-8-14(17(2,3)4)19-15(12)20(23)24/h5-9,21H,1-4H3,(H,18,22). The number of aromatic nitrogens is 1. The van der Waals surface area contributed by atoms with Crippen LogP contribution in [0.2, 0.25) is 0 Å². The van der Waals surface area contributed by atoms with Gasteiger partial charge in [0, 0.05) is 11.1 Å². The molecule has 0 aliphatic rings. The number of anilines is 1. The molecule has 0 aliphatic heterocycles. The molecule has 24 heavy (non-hydrogen) atoms. The van der Waals surface area contributed by atoms with Gasteiger partial charge < -0.3 is 20.5 Å². The van der Waals surface area contributed by atoms with Gasteiger partial charge in [0.2, 0.25) is 0 Å². The lowest BCUT2D eigenvalue weighted by Crippen LogP contribution is -2.19. The highest BCUT2D eigenvalue weighted by Crippen LogP contribution is 2.26. The number of hydrogen-bond donors (Lipinski definition) is 2. The van der Waals surface area contributed by atoms with Gasteiger partial charge in [0.15, 0.2) is 5.69 Å². The second kappa shape index (κ2) is 6.27. The van der Waals surface area contributed by atoms with Crippen molar-refractivity contribution < 1.29 is 14.8 Å². The Morgan fingerprint density at radius 1 is 1.25 bits per heavy atom. The molecule has 0 atom stereocenters. The minimum atomic E-state index is -0.660. The summed E-state index contributed by atoms with van der Waals surface area (Å²) < 4.78 is 0. The van der Waals surface area contributed by atoms with Crippen molar-refractivity contribution in [3.05, 3.63) is 57.3 Å². The third-order valence-corrected chi connectivity index (χ3v) is 3.52. The lowest BCUT2D eigenvalue weighted by Gasteiger charge is -2.14. The number of benzene rings is 1. The number of carbonyl (C=O) groups is 1. The smallest absolute Gasteiger partial charge is 0.376 e. The molecule has 1 heterocycles. The summed E-state index contributed by atoms with van der Waals surface area (Å²) in [4.78, 5) is 27.0. The summed E-state index contributed by atoms with van der Waals surface area (Å²) in [5.74, 6) is -0.995. The highest BCUT2D eigenvalue weighted by Gasteiger charge is 2.28. The molecular formula is C17H19N3O4. The van der Waals surface area contributed by atoms with Gasteiger partial charge in [-0.3, -0.25) is 4.79 Å². The van der Waals surface area contributed by atoms with Crippen LogP contribution in [0, 0.1) is 17.0 Å². The predicted octanol–water partition coefficient (Wildman–Crippen LogP) is 3.55. The Balaban J connectivity index is 2.38. The van der Waals surface area contributed by atoms with E-state index in [1.54, 1.807) is 19.1 Å². The number of aromatic hydroxyl groups is 1. The summed E-state index contributed by atoms with van der Waals surface area (Å²) in [5, 5.41) is 23.4. The van der Waals surface area contributed by atoms with Crippen LogP contribution in [0.15, 0.2) is 30.3 Å². The van der Waals surface area contributed by atoms with E-state index in [1.807, 2.05) is 20.8 Å². The van der Waals surface area contributed by atoms with Crippen LogP contribution >= 0.6 is 0 Å². The summed E-state index contributed by atoms with van der Waals surface area (Å²) in [6.07, 6.45) is 0. The number of amides is 1. The molecule has 2 aromatic rings. The predicted molar refractivity (Wildman–Crippen MR) is 90.4 cm³/mol. The number of pyridine rings is 1. The first-order chi connectivity index (χ1) is 11.1. The SMILES string of the molecule is Cc1cc(NC(=O)c2ccc(C(C)(C)C)nc2[N+](=O)[O-])ccc1O. The number of carbonyl (C=O) groups excluding carboxylic acids is 1. The van der Waals surface area contributed by atoms with E-state index in [4.69, 9.17) is 0 Å². The lowest BCUT2D eigenvalue weighted by molar-refractivity contribution is -0.389. The van der Waals surface area contributed by atoms with Crippen LogP contribution in [0.5, 0.6) is 5.75 Å². The Morgan fingerprint density at radius 2 is 1.92 bits per heavy atom. The molecule has 0 saturated carbocycles. The van der Waals surface area contributed by atoms with Gasteiger partial charge in [-0.25, -0.2) is 0 Å². The maximum absolute atomic E-state index is 12.4. The molecule has 0 radical (unpaired) electrons. The zero-order chi connectivity index (χ0) is 18.1. The van der Waals surface area contributed by atoms with Gasteiger partial charge in [0.1, 0.15) is 11.3 Å². The van der Waals surface area contributed by atoms with E-state index in [0.717, 1.165) is 0 Å². The van der Waals surface area contributed by atoms with E-state index < -0.39 is 16.6 Å². The quantitative estimate of drug-likeness (QED) is 0.509. The van der Waals surface area contributed by atoms with Crippen LogP contribution in [-0.4, -0.2) is 20.9 Å². The molecule has 1 amide bonds. The second-order valence-electron chi connectivity index (χ2n) is 6.53. The third kappa shape index (κ3) is 3.68. The maximum Gasteiger partial charge on any atom is 0.376 e. The first kappa shape index (κ1) is 17.4. The van der Waals surface area contributed by atoms with Gasteiger partial charge in [-0.1, -0.05) is 20.8 Å². The van der Waals surface area contributed by atoms with Crippen molar-refractivity contribution in [1.29, 1.82) is 0 Å². The van der Waals surface area contributed by atoms with E-state index >= 15 is 0 Å². The zero-order valence-electron chi connectivity index (χ0n) is 14.0. The number of phenolic OH excluding ortho intramolecular Hbond substituents is 1. The van der Waals surface area contributed by atoms with Gasteiger partial charge in [0.25, 0.3) is 5.91 Å². The average Bonchev–Trinajstić information content (AvgIpc) is 2.49. The van der Waals surface area contributed by atoms with Gasteiger partial charge in [-0.2, -0.15) is 0 Å². The van der Waals surface area contributed by atoms with E-state index in [9.17, 15) is 20.0 Å². The van der Waals surface area contributed by atoms with E-state index in [0.29, 0.717) is 16.9 Å². The molecule has 0 fully saturated rings. The van der Waals surface area contributed by atoms with Gasteiger partial charge in [-0.05, 0) is 52.7 Å². The van der Waals surface area contributed by atoms with E-state index in [-0.39, 0.29) is 16.7 Å². The maximum atomic E-state index is 12.4. The number of aryl methyl sites for hydroxylation is 1. The van der Waals surface area contributed by atoms with Crippen molar-refractivity contribution in [2.45, 2.75) is 33.1 Å². The highest BCUT2D eigenvalue weighted by atomic mass is 16.6. The fraction of sp³-hybridized carbons (Fsp3) is 0.294. The summed E-state index contributed by atoms with van der Waals surface area (Å²) in [6, 6.07) is 7.57. The molecule has 0 bridgehead atoms. The Morgan fingerprint density at radius 3 is 2.46 bits per heavy atom. The van der Waals surface area contributed by atoms with Crippen molar-refractivity contribution >= 4 is 17.4 Å². The average molecular weight is 329 g/mol. The zero-order valence-corrected chi connectivity index (χ0v) is 14.0. The van der Waals surface area contributed by atoms with Crippen LogP contribution in [0.4, 0.5) is 11.5 Å². The molecule has 1 aromatic heterocycles. The Hall–Kier alpha value is -2.96. The van der Waals surface area contributed by atoms with E-state index in [1.165, 1.54) is 18.2 Å². The summed E-state index contributed by atoms with van der Waals surface area (Å²) in [7, 11) is 0. The largest absolute Gasteiger partial charge is 0.508 e. The molecule has 0 unspecified atom stereocenters. The fourth-order valence-electron chi connectivity index (χ4n) is 2.11. The van der Waals surface area contributed by atoms with Crippen LogP contribution in [0.1, 0.15) is 42.4 Å². The first-order valence-electron chi connectivity index (χ1n) is 7.36. The first-order valence-corrected chi connectivity index (χ1v) is 7.36. The number of rotatable bonds is 3. The molecule has 0 aliphatic carbocycles. The third-order valence-electron chi connectivity index (χ3n) is 3.52. The number of nitrogens with one attached hydrogen (secondary N) is 1. The molecule has 1 aromatic carbocycles. The van der Waals surface area contributed by atoms with Crippen LogP contribution in [-0.2, 0) is 5.41 Å².